The van der Waals surface area contributed by atoms with Crippen LogP contribution in [0.25, 0.3) is 0 Å². The number of anilines is 2. The molecule has 0 unspecified atom stereocenters. The second kappa shape index (κ2) is 7.06. The molecule has 0 spiro atoms. The number of nitrogens with one attached hydrogen (secondary N) is 1. The van der Waals surface area contributed by atoms with Crippen molar-refractivity contribution in [2.24, 2.45) is 5.92 Å². The monoisotopic (exact) mass is 376 g/mol. The Labute approximate surface area is 156 Å². The Morgan fingerprint density at radius 2 is 1.84 bits per heavy atom. The highest BCUT2D eigenvalue weighted by Gasteiger charge is 2.35. The summed E-state index contributed by atoms with van der Waals surface area (Å²) in [6.45, 7) is 4.14. The Morgan fingerprint density at radius 1 is 1.12 bits per heavy atom. The van der Waals surface area contributed by atoms with Gasteiger partial charge in [-0.05, 0) is 49.2 Å². The number of nitrogens with zero attached hydrogens (tertiary/aromatic N) is 1. The zero-order valence-corrected chi connectivity index (χ0v) is 15.5. The molecule has 2 amide bonds. The van der Waals surface area contributed by atoms with Crippen LogP contribution in [0.2, 0.25) is 10.0 Å². The van der Waals surface area contributed by atoms with E-state index in [0.717, 1.165) is 16.8 Å². The molecule has 2 aromatic carbocycles. The van der Waals surface area contributed by atoms with Crippen LogP contribution in [0.15, 0.2) is 36.4 Å². The molecule has 1 aliphatic heterocycles. The smallest absolute Gasteiger partial charge is 0.229 e. The Balaban J connectivity index is 1.74. The molecular weight excluding hydrogens is 359 g/mol. The third kappa shape index (κ3) is 3.80. The molecule has 0 aliphatic carbocycles. The summed E-state index contributed by atoms with van der Waals surface area (Å²) < 4.78 is 0. The zero-order chi connectivity index (χ0) is 18.1. The molecule has 3 rings (SSSR count). The van der Waals surface area contributed by atoms with Crippen molar-refractivity contribution in [3.05, 3.63) is 57.6 Å². The number of benzene rings is 2. The van der Waals surface area contributed by atoms with Crippen molar-refractivity contribution < 1.29 is 9.59 Å². The van der Waals surface area contributed by atoms with Gasteiger partial charge in [0.25, 0.3) is 0 Å². The van der Waals surface area contributed by atoms with Crippen LogP contribution in [0.3, 0.4) is 0 Å². The van der Waals surface area contributed by atoms with Crippen LogP contribution in [0, 0.1) is 19.8 Å². The molecule has 25 heavy (non-hydrogen) atoms. The summed E-state index contributed by atoms with van der Waals surface area (Å²) in [7, 11) is 0. The molecular formula is C19H18Cl2N2O2. The molecule has 2 aromatic rings. The lowest BCUT2D eigenvalue weighted by Crippen LogP contribution is -2.28. The summed E-state index contributed by atoms with van der Waals surface area (Å²) in [5.74, 6) is -0.673. The van der Waals surface area contributed by atoms with Gasteiger partial charge in [0.15, 0.2) is 0 Å². The van der Waals surface area contributed by atoms with Crippen molar-refractivity contribution in [3.8, 4) is 0 Å². The molecule has 1 aliphatic rings. The van der Waals surface area contributed by atoms with Crippen LogP contribution in [-0.2, 0) is 9.59 Å². The van der Waals surface area contributed by atoms with Crippen LogP contribution in [0.1, 0.15) is 17.5 Å². The molecule has 4 nitrogen and oxygen atoms in total. The van der Waals surface area contributed by atoms with E-state index in [1.165, 1.54) is 0 Å². The van der Waals surface area contributed by atoms with Crippen LogP contribution < -0.4 is 10.2 Å². The maximum Gasteiger partial charge on any atom is 0.229 e. The number of aryl methyl sites for hydroxylation is 2. The number of halogens is 2. The molecule has 1 atom stereocenters. The van der Waals surface area contributed by atoms with E-state index in [-0.39, 0.29) is 18.2 Å². The van der Waals surface area contributed by atoms with Crippen molar-refractivity contribution in [1.29, 1.82) is 0 Å². The van der Waals surface area contributed by atoms with Gasteiger partial charge < -0.3 is 10.2 Å². The molecule has 0 bridgehead atoms. The predicted molar refractivity (Wildman–Crippen MR) is 101 cm³/mol. The summed E-state index contributed by atoms with van der Waals surface area (Å²) in [5.41, 5.74) is 3.25. The second-order valence-electron chi connectivity index (χ2n) is 6.29. The number of carbonyl (C=O) groups is 2. The van der Waals surface area contributed by atoms with Crippen LogP contribution >= 0.6 is 23.2 Å². The average Bonchev–Trinajstić information content (AvgIpc) is 2.95. The minimum absolute atomic E-state index is 0.0807. The molecule has 0 radical (unpaired) electrons. The molecule has 130 valence electrons. The lowest BCUT2D eigenvalue weighted by Gasteiger charge is -2.18. The largest absolute Gasteiger partial charge is 0.325 e. The van der Waals surface area contributed by atoms with Gasteiger partial charge in [-0.2, -0.15) is 0 Å². The predicted octanol–water partition coefficient (Wildman–Crippen LogP) is 4.60. The lowest BCUT2D eigenvalue weighted by molar-refractivity contribution is -0.122. The minimum Gasteiger partial charge on any atom is -0.325 e. The highest BCUT2D eigenvalue weighted by atomic mass is 35.5. The standard InChI is InChI=1S/C19H18Cl2N2O2/c1-11-4-6-15(9-16(11)21)23-10-13(7-18(23)24)19(25)22-17-8-14(20)5-3-12(17)2/h3-6,8-9,13H,7,10H2,1-2H3,(H,22,25)/t13-/m0/s1. The molecule has 0 saturated carbocycles. The first-order valence-corrected chi connectivity index (χ1v) is 8.74. The highest BCUT2D eigenvalue weighted by Crippen LogP contribution is 2.30. The average molecular weight is 377 g/mol. The summed E-state index contributed by atoms with van der Waals surface area (Å²) in [6.07, 6.45) is 0.178. The molecule has 0 aromatic heterocycles. The van der Waals surface area contributed by atoms with E-state index in [1.807, 2.05) is 32.0 Å². The molecule has 1 saturated heterocycles. The highest BCUT2D eigenvalue weighted by molar-refractivity contribution is 6.31. The first kappa shape index (κ1) is 17.8. The number of rotatable bonds is 3. The topological polar surface area (TPSA) is 49.4 Å². The summed E-state index contributed by atoms with van der Waals surface area (Å²) in [6, 6.07) is 10.8. The fourth-order valence-corrected chi connectivity index (χ4v) is 3.19. The van der Waals surface area contributed by atoms with Crippen LogP contribution in [0.4, 0.5) is 11.4 Å². The molecule has 6 heteroatoms. The van der Waals surface area contributed by atoms with Gasteiger partial charge in [-0.1, -0.05) is 35.3 Å². The van der Waals surface area contributed by atoms with E-state index < -0.39 is 5.92 Å². The SMILES string of the molecule is Cc1ccc(N2C[C@@H](C(=O)Nc3cc(Cl)ccc3C)CC2=O)cc1Cl. The van der Waals surface area contributed by atoms with E-state index in [1.54, 1.807) is 23.1 Å². The Bertz CT molecular complexity index is 851. The maximum atomic E-state index is 12.6. The van der Waals surface area contributed by atoms with Gasteiger partial charge in [0, 0.05) is 34.4 Å². The van der Waals surface area contributed by atoms with Gasteiger partial charge in [0.1, 0.15) is 0 Å². The Morgan fingerprint density at radius 3 is 2.56 bits per heavy atom. The van der Waals surface area contributed by atoms with Crippen molar-refractivity contribution in [1.82, 2.24) is 0 Å². The van der Waals surface area contributed by atoms with Gasteiger partial charge in [-0.15, -0.1) is 0 Å². The number of hydrogen-bond acceptors (Lipinski definition) is 2. The fraction of sp³-hybridized carbons (Fsp3) is 0.263. The van der Waals surface area contributed by atoms with Crippen molar-refractivity contribution in [2.45, 2.75) is 20.3 Å². The van der Waals surface area contributed by atoms with Gasteiger partial charge in [-0.25, -0.2) is 0 Å². The first-order chi connectivity index (χ1) is 11.8. The van der Waals surface area contributed by atoms with Gasteiger partial charge in [-0.3, -0.25) is 9.59 Å². The number of carbonyl (C=O) groups excluding carboxylic acids is 2. The quantitative estimate of drug-likeness (QED) is 0.850. The number of amides is 2. The van der Waals surface area contributed by atoms with Crippen LogP contribution in [-0.4, -0.2) is 18.4 Å². The van der Waals surface area contributed by atoms with Crippen molar-refractivity contribution in [3.63, 3.8) is 0 Å². The van der Waals surface area contributed by atoms with E-state index >= 15 is 0 Å². The normalized spacial score (nSPS) is 17.0. The van der Waals surface area contributed by atoms with Crippen LogP contribution in [0.5, 0.6) is 0 Å². The molecule has 1 fully saturated rings. The van der Waals surface area contributed by atoms with Gasteiger partial charge in [0.05, 0.1) is 5.92 Å². The van der Waals surface area contributed by atoms with Crippen molar-refractivity contribution >= 4 is 46.4 Å². The summed E-state index contributed by atoms with van der Waals surface area (Å²) in [5, 5.41) is 4.04. The lowest BCUT2D eigenvalue weighted by atomic mass is 10.1. The van der Waals surface area contributed by atoms with E-state index in [0.29, 0.717) is 22.3 Å². The minimum atomic E-state index is -0.411. The van der Waals surface area contributed by atoms with Gasteiger partial charge >= 0.3 is 0 Å². The zero-order valence-electron chi connectivity index (χ0n) is 14.0. The Hall–Kier alpha value is -2.04. The Kier molecular flexibility index (Phi) is 5.02. The first-order valence-electron chi connectivity index (χ1n) is 7.98. The van der Waals surface area contributed by atoms with E-state index in [4.69, 9.17) is 23.2 Å². The molecule has 1 N–H and O–H groups in total. The second-order valence-corrected chi connectivity index (χ2v) is 7.13. The summed E-state index contributed by atoms with van der Waals surface area (Å²) in [4.78, 5) is 26.5. The van der Waals surface area contributed by atoms with E-state index in [2.05, 4.69) is 5.32 Å². The van der Waals surface area contributed by atoms with E-state index in [9.17, 15) is 9.59 Å². The number of hydrogen-bond donors (Lipinski definition) is 1. The third-order valence-corrected chi connectivity index (χ3v) is 5.06. The third-order valence-electron chi connectivity index (χ3n) is 4.42. The molecule has 1 heterocycles. The fourth-order valence-electron chi connectivity index (χ4n) is 2.85. The summed E-state index contributed by atoms with van der Waals surface area (Å²) >= 11 is 12.1. The van der Waals surface area contributed by atoms with Crippen molar-refractivity contribution in [2.75, 3.05) is 16.8 Å². The van der Waals surface area contributed by atoms with Gasteiger partial charge in [0.2, 0.25) is 11.8 Å². The maximum absolute atomic E-state index is 12.6.